The van der Waals surface area contributed by atoms with E-state index in [0.717, 1.165) is 18.4 Å². The third-order valence-electron chi connectivity index (χ3n) is 9.90. The van der Waals surface area contributed by atoms with Crippen molar-refractivity contribution in [2.24, 2.45) is 0 Å². The quantitative estimate of drug-likeness (QED) is 0.222. The Morgan fingerprint density at radius 2 is 1.86 bits per heavy atom. The lowest BCUT2D eigenvalue weighted by Crippen LogP contribution is -2.53. The van der Waals surface area contributed by atoms with Gasteiger partial charge in [0.1, 0.15) is 17.6 Å². The number of carbonyl (C=O) groups is 2. The molecular formula is C38H32FN7O5. The van der Waals surface area contributed by atoms with Crippen molar-refractivity contribution in [3.8, 4) is 34.4 Å². The molecule has 5 aromatic rings. The molecule has 0 spiro atoms. The van der Waals surface area contributed by atoms with Crippen molar-refractivity contribution in [1.29, 1.82) is 5.26 Å². The Labute approximate surface area is 291 Å². The second-order valence-electron chi connectivity index (χ2n) is 13.5. The van der Waals surface area contributed by atoms with Gasteiger partial charge in [-0.1, -0.05) is 18.2 Å². The lowest BCUT2D eigenvalue weighted by Gasteiger charge is -2.41. The van der Waals surface area contributed by atoms with E-state index in [2.05, 4.69) is 21.3 Å². The van der Waals surface area contributed by atoms with Crippen molar-refractivity contribution < 1.29 is 23.1 Å². The highest BCUT2D eigenvalue weighted by molar-refractivity contribution is 6.09. The normalized spacial score (nSPS) is 17.8. The summed E-state index contributed by atoms with van der Waals surface area (Å²) in [7, 11) is 0. The van der Waals surface area contributed by atoms with Crippen LogP contribution in [0, 0.1) is 17.1 Å². The highest BCUT2D eigenvalue weighted by Gasteiger charge is 2.46. The van der Waals surface area contributed by atoms with Crippen LogP contribution in [-0.4, -0.2) is 49.0 Å². The first-order chi connectivity index (χ1) is 24.5. The summed E-state index contributed by atoms with van der Waals surface area (Å²) in [5.41, 5.74) is 4.23. The van der Waals surface area contributed by atoms with Crippen molar-refractivity contribution in [3.63, 3.8) is 0 Å². The number of ether oxygens (including phenoxy) is 1. The summed E-state index contributed by atoms with van der Waals surface area (Å²) in [5, 5.41) is 15.8. The fourth-order valence-electron chi connectivity index (χ4n) is 7.40. The molecule has 2 aromatic carbocycles. The van der Waals surface area contributed by atoms with Gasteiger partial charge in [-0.3, -0.25) is 24.5 Å². The van der Waals surface area contributed by atoms with Crippen LogP contribution in [0.3, 0.4) is 0 Å². The van der Waals surface area contributed by atoms with Gasteiger partial charge >= 0.3 is 5.76 Å². The number of carbonyl (C=O) groups excluding carboxylic acids is 2. The molecule has 1 fully saturated rings. The van der Waals surface area contributed by atoms with E-state index < -0.39 is 17.4 Å². The SMILES string of the molecule is CC(c1ccc(C#N)cn1)N1C(=O)C(C)(C)Oc2cc(-c3c4c(nc(CCc5ccc(F)cc5)c3-c3n[nH]c(=O)o3)C3CCCN3C4=O)ccc21. The average Bonchev–Trinajstić information content (AvgIpc) is 3.85. The molecule has 0 radical (unpaired) electrons. The Hall–Kier alpha value is -6.16. The maximum Gasteiger partial charge on any atom is 0.434 e. The Kier molecular flexibility index (Phi) is 7.55. The van der Waals surface area contributed by atoms with Gasteiger partial charge in [0.05, 0.1) is 51.5 Å². The molecule has 3 aliphatic heterocycles. The van der Waals surface area contributed by atoms with Crippen LogP contribution in [0.15, 0.2) is 70.0 Å². The Morgan fingerprint density at radius 3 is 2.57 bits per heavy atom. The topological polar surface area (TPSA) is 158 Å². The molecule has 0 aliphatic carbocycles. The molecule has 51 heavy (non-hydrogen) atoms. The molecule has 12 nitrogen and oxygen atoms in total. The molecule has 3 aliphatic rings. The van der Waals surface area contributed by atoms with Gasteiger partial charge in [-0.2, -0.15) is 5.26 Å². The second kappa shape index (κ2) is 12.0. The smallest absolute Gasteiger partial charge is 0.434 e. The fourth-order valence-corrected chi connectivity index (χ4v) is 7.40. The van der Waals surface area contributed by atoms with Gasteiger partial charge in [-0.25, -0.2) is 14.3 Å². The van der Waals surface area contributed by atoms with Crippen molar-refractivity contribution >= 4 is 17.5 Å². The van der Waals surface area contributed by atoms with Crippen LogP contribution >= 0.6 is 0 Å². The Balaban J connectivity index is 1.31. The largest absolute Gasteiger partial charge is 0.476 e. The molecule has 1 saturated heterocycles. The van der Waals surface area contributed by atoms with E-state index >= 15 is 0 Å². The highest BCUT2D eigenvalue weighted by Crippen LogP contribution is 2.50. The third kappa shape index (κ3) is 5.34. The molecule has 6 heterocycles. The number of amides is 2. The average molecular weight is 686 g/mol. The maximum atomic E-state index is 14.2. The second-order valence-corrected chi connectivity index (χ2v) is 13.5. The summed E-state index contributed by atoms with van der Waals surface area (Å²) < 4.78 is 25.6. The molecule has 8 rings (SSSR count). The van der Waals surface area contributed by atoms with Crippen LogP contribution < -0.4 is 15.4 Å². The zero-order valence-corrected chi connectivity index (χ0v) is 28.1. The number of hydrogen-bond acceptors (Lipinski definition) is 9. The van der Waals surface area contributed by atoms with Gasteiger partial charge in [-0.05, 0) is 94.0 Å². The minimum atomic E-state index is -1.26. The predicted molar refractivity (Wildman–Crippen MR) is 182 cm³/mol. The fraction of sp³-hybridized carbons (Fsp3) is 0.289. The highest BCUT2D eigenvalue weighted by atomic mass is 19.1. The molecule has 0 bridgehead atoms. The van der Waals surface area contributed by atoms with Gasteiger partial charge in [-0.15, -0.1) is 5.10 Å². The van der Waals surface area contributed by atoms with E-state index in [1.807, 2.05) is 17.9 Å². The number of fused-ring (bicyclic) bond motifs is 4. The van der Waals surface area contributed by atoms with Gasteiger partial charge in [0.2, 0.25) is 0 Å². The predicted octanol–water partition coefficient (Wildman–Crippen LogP) is 5.84. The lowest BCUT2D eigenvalue weighted by molar-refractivity contribution is -0.133. The number of pyridine rings is 2. The number of hydrogen-bond donors (Lipinski definition) is 1. The number of H-pyrrole nitrogens is 1. The number of aryl methyl sites for hydroxylation is 2. The lowest BCUT2D eigenvalue weighted by atomic mass is 9.89. The zero-order valence-electron chi connectivity index (χ0n) is 28.1. The number of anilines is 1. The van der Waals surface area contributed by atoms with Crippen LogP contribution in [0.25, 0.3) is 22.6 Å². The molecule has 3 aromatic heterocycles. The summed E-state index contributed by atoms with van der Waals surface area (Å²) in [6.45, 7) is 5.84. The number of aromatic amines is 1. The van der Waals surface area contributed by atoms with Crippen molar-refractivity contribution in [2.45, 2.75) is 64.1 Å². The molecule has 2 atom stereocenters. The summed E-state index contributed by atoms with van der Waals surface area (Å²) in [6, 6.07) is 16.3. The summed E-state index contributed by atoms with van der Waals surface area (Å²) in [4.78, 5) is 53.4. The van der Waals surface area contributed by atoms with Gasteiger partial charge in [0, 0.05) is 18.3 Å². The van der Waals surface area contributed by atoms with E-state index in [9.17, 15) is 24.0 Å². The van der Waals surface area contributed by atoms with Gasteiger partial charge in [0.25, 0.3) is 17.7 Å². The molecule has 1 N–H and O–H groups in total. The first-order valence-corrected chi connectivity index (χ1v) is 16.7. The molecular weight excluding hydrogens is 653 g/mol. The van der Waals surface area contributed by atoms with E-state index in [1.165, 1.54) is 18.3 Å². The molecule has 256 valence electrons. The number of nitriles is 1. The monoisotopic (exact) mass is 685 g/mol. The standard InChI is InChI=1S/C38H32FN7O5/c1-20(25-13-9-22(18-40)19-41-25)46-27-15-10-23(17-29(27)51-38(2,3)36(46)48)30-31(34-43-44-37(49)50-34)26(14-8-21-6-11-24(39)12-7-21)42-33-28-5-4-16-45(28)35(47)32(30)33/h6-7,9-13,15,17,19-20,28H,4-5,8,14,16H2,1-3H3,(H,44,49). The number of nitrogens with one attached hydrogen (secondary N) is 1. The maximum absolute atomic E-state index is 14.2. The van der Waals surface area contributed by atoms with Crippen molar-refractivity contribution in [3.05, 3.63) is 111 Å². The van der Waals surface area contributed by atoms with Crippen molar-refractivity contribution in [1.82, 2.24) is 25.1 Å². The number of halogens is 1. The third-order valence-corrected chi connectivity index (χ3v) is 9.90. The van der Waals surface area contributed by atoms with Gasteiger partial charge in [0.15, 0.2) is 5.60 Å². The minimum absolute atomic E-state index is 0.0180. The number of rotatable bonds is 7. The van der Waals surface area contributed by atoms with E-state index in [-0.39, 0.29) is 29.6 Å². The van der Waals surface area contributed by atoms with E-state index in [0.29, 0.717) is 75.7 Å². The van der Waals surface area contributed by atoms with Gasteiger partial charge < -0.3 is 14.1 Å². The molecule has 2 unspecified atom stereocenters. The summed E-state index contributed by atoms with van der Waals surface area (Å²) >= 11 is 0. The summed E-state index contributed by atoms with van der Waals surface area (Å²) in [5.74, 6) is -1.16. The van der Waals surface area contributed by atoms with Crippen LogP contribution in [0.5, 0.6) is 5.75 Å². The first-order valence-electron chi connectivity index (χ1n) is 16.7. The Morgan fingerprint density at radius 1 is 1.06 bits per heavy atom. The molecule has 0 saturated carbocycles. The first kappa shape index (κ1) is 32.1. The van der Waals surface area contributed by atoms with E-state index in [4.69, 9.17) is 14.1 Å². The van der Waals surface area contributed by atoms with E-state index in [1.54, 1.807) is 55.1 Å². The van der Waals surface area contributed by atoms with Crippen LogP contribution in [0.2, 0.25) is 0 Å². The number of aromatic nitrogens is 4. The Bertz CT molecular complexity index is 2320. The van der Waals surface area contributed by atoms with Crippen LogP contribution in [0.1, 0.15) is 84.3 Å². The molecule has 2 amide bonds. The molecule has 13 heteroatoms. The minimum Gasteiger partial charge on any atom is -0.476 e. The number of nitrogens with zero attached hydrogens (tertiary/aromatic N) is 6. The number of benzene rings is 2. The summed E-state index contributed by atoms with van der Waals surface area (Å²) in [6.07, 6.45) is 3.96. The van der Waals surface area contributed by atoms with Crippen molar-refractivity contribution in [2.75, 3.05) is 11.4 Å². The zero-order chi connectivity index (χ0) is 35.6. The van der Waals surface area contributed by atoms with Crippen LogP contribution in [-0.2, 0) is 17.6 Å². The van der Waals surface area contributed by atoms with Crippen LogP contribution in [0.4, 0.5) is 10.1 Å².